The van der Waals surface area contributed by atoms with Gasteiger partial charge in [0.2, 0.25) is 0 Å². The molecule has 0 N–H and O–H groups in total. The van der Waals surface area contributed by atoms with Crippen molar-refractivity contribution in [1.29, 1.82) is 0 Å². The maximum atomic E-state index is 10.0. The van der Waals surface area contributed by atoms with Gasteiger partial charge in [-0.05, 0) is 25.7 Å². The number of rotatable bonds is 9. The third-order valence-corrected chi connectivity index (χ3v) is 2.01. The van der Waals surface area contributed by atoms with Gasteiger partial charge in [-0.3, -0.25) is 0 Å². The molecule has 0 rings (SSSR count). The molecule has 0 aliphatic carbocycles. The fourth-order valence-electron chi connectivity index (χ4n) is 1.25. The van der Waals surface area contributed by atoms with Gasteiger partial charge in [0, 0.05) is 11.9 Å². The molecule has 0 heterocycles. The van der Waals surface area contributed by atoms with E-state index in [1.807, 2.05) is 15.4 Å². The molecule has 0 aliphatic heterocycles. The summed E-state index contributed by atoms with van der Waals surface area (Å²) in [6.45, 7) is 0. The third-order valence-electron chi connectivity index (χ3n) is 2.01. The number of aliphatic carboxylic acids is 2. The van der Waals surface area contributed by atoms with E-state index in [2.05, 4.69) is 10.0 Å². The summed E-state index contributed by atoms with van der Waals surface area (Å²) in [4.78, 5) is 20.1. The van der Waals surface area contributed by atoms with Gasteiger partial charge in [0.1, 0.15) is 0 Å². The normalized spacial score (nSPS) is 9.19. The minimum atomic E-state index is -0.998. The zero-order valence-corrected chi connectivity index (χ0v) is 11.2. The van der Waals surface area contributed by atoms with Crippen LogP contribution in [0.2, 0.25) is 0 Å². The molecule has 0 bridgehead atoms. The Morgan fingerprint density at radius 2 is 1.00 bits per heavy atom. The first kappa shape index (κ1) is 18.1. The van der Waals surface area contributed by atoms with Crippen LogP contribution in [0, 0.1) is 0 Å². The van der Waals surface area contributed by atoms with Gasteiger partial charge in [-0.15, -0.1) is 0 Å². The second-order valence-electron chi connectivity index (χ2n) is 3.37. The van der Waals surface area contributed by atoms with Crippen molar-refractivity contribution in [2.45, 2.75) is 51.4 Å². The van der Waals surface area contributed by atoms with Crippen molar-refractivity contribution in [2.24, 2.45) is 0 Å². The van der Waals surface area contributed by atoms with Gasteiger partial charge in [0.05, 0.1) is 0 Å². The summed E-state index contributed by atoms with van der Waals surface area (Å²) in [5.74, 6) is -2.00. The summed E-state index contributed by atoms with van der Waals surface area (Å²) >= 11 is 1.89. The third kappa shape index (κ3) is 19.4. The molecule has 0 saturated heterocycles. The van der Waals surface area contributed by atoms with Gasteiger partial charge in [-0.2, -0.15) is 0 Å². The molecular formula is C10H16AlClO4. The van der Waals surface area contributed by atoms with Gasteiger partial charge < -0.3 is 19.8 Å². The van der Waals surface area contributed by atoms with Gasteiger partial charge in [-0.1, -0.05) is 25.7 Å². The van der Waals surface area contributed by atoms with Gasteiger partial charge in [0.15, 0.2) is 0 Å². The average Bonchev–Trinajstić information content (AvgIpc) is 2.24. The van der Waals surface area contributed by atoms with Crippen LogP contribution in [0.15, 0.2) is 0 Å². The summed E-state index contributed by atoms with van der Waals surface area (Å²) in [6, 6.07) is 0. The Bertz CT molecular complexity index is 168. The fourth-order valence-corrected chi connectivity index (χ4v) is 1.25. The number of carboxylic acids is 2. The Labute approximate surface area is 109 Å². The number of carbonyl (C=O) groups is 2. The Kier molecular flexibility index (Phi) is 16.7. The molecule has 0 amide bonds. The molecule has 0 atom stereocenters. The predicted molar refractivity (Wildman–Crippen MR) is 58.6 cm³/mol. The van der Waals surface area contributed by atoms with E-state index >= 15 is 0 Å². The molecule has 0 unspecified atom stereocenters. The Morgan fingerprint density at radius 1 is 0.750 bits per heavy atom. The van der Waals surface area contributed by atoms with Crippen LogP contribution in [0.1, 0.15) is 51.4 Å². The molecule has 16 heavy (non-hydrogen) atoms. The van der Waals surface area contributed by atoms with Gasteiger partial charge in [-0.25, -0.2) is 0 Å². The molecule has 0 saturated carbocycles. The summed E-state index contributed by atoms with van der Waals surface area (Å²) in [6.07, 6.45) is 5.23. The van der Waals surface area contributed by atoms with Crippen LogP contribution in [0.4, 0.5) is 0 Å². The fraction of sp³-hybridized carbons (Fsp3) is 0.800. The van der Waals surface area contributed by atoms with Crippen LogP contribution in [0.5, 0.6) is 0 Å². The van der Waals surface area contributed by atoms with Crippen LogP contribution < -0.4 is 10.2 Å². The second-order valence-corrected chi connectivity index (χ2v) is 3.37. The van der Waals surface area contributed by atoms with Gasteiger partial charge >= 0.3 is 25.4 Å². The van der Waals surface area contributed by atoms with Crippen LogP contribution >= 0.6 is 10.0 Å². The minimum absolute atomic E-state index is 0.124. The van der Waals surface area contributed by atoms with Crippen LogP contribution in [-0.2, 0) is 9.59 Å². The summed E-state index contributed by atoms with van der Waals surface area (Å²) < 4.78 is 0. The molecule has 0 aromatic heterocycles. The number of halogens is 1. The van der Waals surface area contributed by atoms with E-state index in [1.54, 1.807) is 0 Å². The topological polar surface area (TPSA) is 80.3 Å². The standard InChI is InChI=1S/C10H18O4.Al.ClH/c11-9(12)7-5-3-1-2-4-6-8-10(13)14;;/h1-8H2,(H,11,12)(H,13,14);;1H/q;+3;/p-3. The average molecular weight is 263 g/mol. The molecule has 0 fully saturated rings. The first-order valence-corrected chi connectivity index (χ1v) is 6.99. The first-order chi connectivity index (χ1) is 7.63. The van der Waals surface area contributed by atoms with E-state index < -0.39 is 11.9 Å². The Hall–Kier alpha value is -0.238. The van der Waals surface area contributed by atoms with Crippen molar-refractivity contribution in [3.63, 3.8) is 0 Å². The number of hydrogen-bond donors (Lipinski definition) is 0. The number of carboxylic acid groups (broad SMARTS) is 2. The number of carbonyl (C=O) groups excluding carboxylic acids is 2. The summed E-state index contributed by atoms with van der Waals surface area (Å²) in [5, 5.41) is 20.1. The predicted octanol–water partition coefficient (Wildman–Crippen LogP) is -0.0843. The molecule has 6 heteroatoms. The van der Waals surface area contributed by atoms with Crippen molar-refractivity contribution in [2.75, 3.05) is 0 Å². The van der Waals surface area contributed by atoms with Crippen LogP contribution in [0.3, 0.4) is 0 Å². The van der Waals surface area contributed by atoms with Crippen molar-refractivity contribution < 1.29 is 19.8 Å². The molecular weight excluding hydrogens is 247 g/mol. The molecule has 0 spiro atoms. The molecule has 90 valence electrons. The van der Waals surface area contributed by atoms with E-state index in [0.717, 1.165) is 25.7 Å². The quantitative estimate of drug-likeness (QED) is 0.430. The van der Waals surface area contributed by atoms with E-state index in [9.17, 15) is 19.8 Å². The van der Waals surface area contributed by atoms with Crippen molar-refractivity contribution in [1.82, 2.24) is 0 Å². The second kappa shape index (κ2) is 14.8. The summed E-state index contributed by atoms with van der Waals surface area (Å²) in [7, 11) is 4.56. The van der Waals surface area contributed by atoms with Crippen LogP contribution in [0.25, 0.3) is 0 Å². The molecule has 0 aliphatic rings. The summed E-state index contributed by atoms with van der Waals surface area (Å²) in [5.41, 5.74) is 0. The monoisotopic (exact) mass is 262 g/mol. The zero-order chi connectivity index (χ0) is 12.8. The number of unbranched alkanes of at least 4 members (excludes halogenated alkanes) is 5. The molecule has 4 nitrogen and oxygen atoms in total. The Balaban J connectivity index is 0. The zero-order valence-electron chi connectivity index (χ0n) is 9.25. The van der Waals surface area contributed by atoms with E-state index in [4.69, 9.17) is 0 Å². The van der Waals surface area contributed by atoms with E-state index in [1.165, 1.54) is 0 Å². The van der Waals surface area contributed by atoms with Crippen LogP contribution in [-0.4, -0.2) is 27.3 Å². The maximum absolute atomic E-state index is 10.0. The first-order valence-electron chi connectivity index (χ1n) is 5.24. The van der Waals surface area contributed by atoms with Crippen molar-refractivity contribution >= 4 is 37.4 Å². The Morgan fingerprint density at radius 3 is 1.25 bits per heavy atom. The number of hydrogen-bond acceptors (Lipinski definition) is 4. The van der Waals surface area contributed by atoms with Gasteiger partial charge in [0.25, 0.3) is 0 Å². The van der Waals surface area contributed by atoms with E-state index in [0.29, 0.717) is 12.8 Å². The SMILES string of the molecule is O=C([O-])CCCCCCCCC(=O)[O-].[Al+2][Cl]. The van der Waals surface area contributed by atoms with Crippen molar-refractivity contribution in [3.8, 4) is 0 Å². The van der Waals surface area contributed by atoms with Crippen molar-refractivity contribution in [3.05, 3.63) is 0 Å². The molecule has 0 radical (unpaired) electrons. The van der Waals surface area contributed by atoms with E-state index in [-0.39, 0.29) is 12.8 Å². The molecule has 0 aromatic rings. The molecule has 0 aromatic carbocycles.